The van der Waals surface area contributed by atoms with Gasteiger partial charge in [0.25, 0.3) is 11.8 Å². The summed E-state index contributed by atoms with van der Waals surface area (Å²) in [4.78, 5) is 33.2. The third kappa shape index (κ3) is 5.06. The molecule has 0 aliphatic carbocycles. The molecule has 0 fully saturated rings. The fraction of sp³-hybridized carbons (Fsp3) is 0.286. The van der Waals surface area contributed by atoms with E-state index < -0.39 is 28.7 Å². The Hall–Kier alpha value is -2.70. The van der Waals surface area contributed by atoms with Crippen LogP contribution < -0.4 is 0 Å². The van der Waals surface area contributed by atoms with E-state index in [1.54, 1.807) is 37.3 Å². The van der Waals surface area contributed by atoms with Crippen LogP contribution in [-0.2, 0) is 19.1 Å². The van der Waals surface area contributed by atoms with Gasteiger partial charge in [0.2, 0.25) is 0 Å². The van der Waals surface area contributed by atoms with E-state index in [9.17, 15) is 19.7 Å². The maximum absolute atomic E-state index is 11.8. The van der Waals surface area contributed by atoms with Gasteiger partial charge in [0.1, 0.15) is 0 Å². The predicted molar refractivity (Wildman–Crippen MR) is 73.6 cm³/mol. The molecule has 1 aromatic carbocycles. The van der Waals surface area contributed by atoms with Crippen molar-refractivity contribution >= 4 is 18.0 Å². The van der Waals surface area contributed by atoms with Crippen LogP contribution >= 0.6 is 0 Å². The molecule has 112 valence electrons. The highest BCUT2D eigenvalue weighted by Crippen LogP contribution is 2.15. The molecular weight excluding hydrogens is 278 g/mol. The third-order valence-electron chi connectivity index (χ3n) is 2.38. The van der Waals surface area contributed by atoms with Crippen LogP contribution in [-0.4, -0.2) is 29.6 Å². The van der Waals surface area contributed by atoms with Gasteiger partial charge in [-0.2, -0.15) is 0 Å². The Balaban J connectivity index is 3.19. The minimum atomic E-state index is -1.70. The number of nitro groups is 1. The van der Waals surface area contributed by atoms with Crippen molar-refractivity contribution in [1.29, 1.82) is 0 Å². The van der Waals surface area contributed by atoms with Crippen LogP contribution in [0.2, 0.25) is 0 Å². The molecule has 7 heteroatoms. The molecule has 0 N–H and O–H groups in total. The van der Waals surface area contributed by atoms with Gasteiger partial charge >= 0.3 is 11.9 Å². The Bertz CT molecular complexity index is 552. The zero-order valence-corrected chi connectivity index (χ0v) is 11.6. The second-order valence-corrected chi connectivity index (χ2v) is 3.98. The number of hydrogen-bond donors (Lipinski definition) is 0. The maximum Gasteiger partial charge on any atom is 0.358 e. The lowest BCUT2D eigenvalue weighted by molar-refractivity contribution is -0.432. The van der Waals surface area contributed by atoms with E-state index in [0.29, 0.717) is 5.56 Å². The Kier molecular flexibility index (Phi) is 6.06. The first-order valence-electron chi connectivity index (χ1n) is 6.20. The van der Waals surface area contributed by atoms with Crippen LogP contribution in [0.15, 0.2) is 36.0 Å². The fourth-order valence-corrected chi connectivity index (χ4v) is 1.56. The second-order valence-electron chi connectivity index (χ2n) is 3.98. The van der Waals surface area contributed by atoms with Gasteiger partial charge in [-0.15, -0.1) is 0 Å². The highest BCUT2D eigenvalue weighted by atomic mass is 16.6. The molecule has 0 radical (unpaired) electrons. The topological polar surface area (TPSA) is 95.7 Å². The number of carbonyl (C=O) groups excluding carboxylic acids is 2. The Morgan fingerprint density at radius 2 is 1.95 bits per heavy atom. The fourth-order valence-electron chi connectivity index (χ4n) is 1.56. The predicted octanol–water partition coefficient (Wildman–Crippen LogP) is 1.80. The van der Waals surface area contributed by atoms with E-state index in [0.717, 1.165) is 6.92 Å². The van der Waals surface area contributed by atoms with Gasteiger partial charge in [0.05, 0.1) is 11.5 Å². The standard InChI is InChI=1S/C14H15NO6/c1-3-20-14(17)13(21-10(2)16)12(15(18)19)9-11-7-5-4-6-8-11/h4-9,13H,3H2,1-2H3/b12-9-/t13-/m0/s1. The van der Waals surface area contributed by atoms with Crippen LogP contribution in [0.25, 0.3) is 6.08 Å². The summed E-state index contributed by atoms with van der Waals surface area (Å²) in [6.07, 6.45) is -0.525. The summed E-state index contributed by atoms with van der Waals surface area (Å²) in [7, 11) is 0. The number of carbonyl (C=O) groups is 2. The summed E-state index contributed by atoms with van der Waals surface area (Å²) in [5.41, 5.74) is -0.0551. The molecule has 0 saturated carbocycles. The minimum Gasteiger partial charge on any atom is -0.463 e. The molecule has 0 saturated heterocycles. The summed E-state index contributed by atoms with van der Waals surface area (Å²) in [6, 6.07) is 8.38. The van der Waals surface area contributed by atoms with Crippen molar-refractivity contribution in [3.8, 4) is 0 Å². The van der Waals surface area contributed by atoms with Crippen LogP contribution in [0.4, 0.5) is 0 Å². The molecule has 0 aromatic heterocycles. The van der Waals surface area contributed by atoms with Crippen molar-refractivity contribution in [2.75, 3.05) is 6.61 Å². The van der Waals surface area contributed by atoms with Gasteiger partial charge in [0.15, 0.2) is 0 Å². The second kappa shape index (κ2) is 7.78. The average molecular weight is 293 g/mol. The summed E-state index contributed by atoms with van der Waals surface area (Å²) >= 11 is 0. The van der Waals surface area contributed by atoms with Crippen molar-refractivity contribution in [3.05, 3.63) is 51.7 Å². The maximum atomic E-state index is 11.8. The van der Waals surface area contributed by atoms with Crippen molar-refractivity contribution in [2.24, 2.45) is 0 Å². The molecule has 0 amide bonds. The van der Waals surface area contributed by atoms with Crippen molar-refractivity contribution in [2.45, 2.75) is 20.0 Å². The van der Waals surface area contributed by atoms with E-state index in [-0.39, 0.29) is 6.61 Å². The monoisotopic (exact) mass is 293 g/mol. The Labute approximate surface area is 121 Å². The van der Waals surface area contributed by atoms with Gasteiger partial charge in [-0.05, 0) is 12.5 Å². The Morgan fingerprint density at radius 1 is 1.33 bits per heavy atom. The highest BCUT2D eigenvalue weighted by Gasteiger charge is 2.36. The normalized spacial score (nSPS) is 12.4. The number of benzene rings is 1. The first-order valence-corrected chi connectivity index (χ1v) is 6.20. The average Bonchev–Trinajstić information content (AvgIpc) is 2.43. The summed E-state index contributed by atoms with van der Waals surface area (Å²) in [5, 5.41) is 11.2. The molecule has 0 unspecified atom stereocenters. The molecule has 0 aliphatic heterocycles. The van der Waals surface area contributed by atoms with Gasteiger partial charge in [-0.1, -0.05) is 30.3 Å². The van der Waals surface area contributed by atoms with Crippen LogP contribution in [0.1, 0.15) is 19.4 Å². The Morgan fingerprint density at radius 3 is 2.43 bits per heavy atom. The zero-order valence-electron chi connectivity index (χ0n) is 11.6. The number of ether oxygens (including phenoxy) is 2. The molecule has 1 aromatic rings. The van der Waals surface area contributed by atoms with Gasteiger partial charge in [0, 0.05) is 13.0 Å². The van der Waals surface area contributed by atoms with E-state index in [2.05, 4.69) is 0 Å². The smallest absolute Gasteiger partial charge is 0.358 e. The largest absolute Gasteiger partial charge is 0.463 e. The van der Waals surface area contributed by atoms with Crippen LogP contribution in [0.3, 0.4) is 0 Å². The van der Waals surface area contributed by atoms with E-state index in [1.807, 2.05) is 0 Å². The number of nitrogens with zero attached hydrogens (tertiary/aromatic N) is 1. The molecule has 21 heavy (non-hydrogen) atoms. The molecule has 7 nitrogen and oxygen atoms in total. The molecule has 1 atom stereocenters. The van der Waals surface area contributed by atoms with Crippen molar-refractivity contribution in [3.63, 3.8) is 0 Å². The van der Waals surface area contributed by atoms with Crippen LogP contribution in [0, 0.1) is 10.1 Å². The first-order chi connectivity index (χ1) is 9.95. The number of hydrogen-bond acceptors (Lipinski definition) is 6. The summed E-state index contributed by atoms with van der Waals surface area (Å²) in [6.45, 7) is 2.63. The van der Waals surface area contributed by atoms with Gasteiger partial charge < -0.3 is 9.47 Å². The molecular formula is C14H15NO6. The third-order valence-corrected chi connectivity index (χ3v) is 2.38. The summed E-state index contributed by atoms with van der Waals surface area (Å²) in [5.74, 6) is -1.79. The molecule has 0 heterocycles. The highest BCUT2D eigenvalue weighted by molar-refractivity contribution is 5.82. The summed E-state index contributed by atoms with van der Waals surface area (Å²) < 4.78 is 9.45. The van der Waals surface area contributed by atoms with Crippen molar-refractivity contribution in [1.82, 2.24) is 0 Å². The SMILES string of the molecule is CCOC(=O)[C@@H](OC(C)=O)/C(=C/c1ccccc1)[N+](=O)[O-]. The van der Waals surface area contributed by atoms with E-state index in [4.69, 9.17) is 9.47 Å². The first kappa shape index (κ1) is 16.4. The molecule has 0 spiro atoms. The molecule has 0 bridgehead atoms. The number of rotatable bonds is 6. The zero-order chi connectivity index (χ0) is 15.8. The van der Waals surface area contributed by atoms with Gasteiger partial charge in [-0.3, -0.25) is 14.9 Å². The lowest BCUT2D eigenvalue weighted by Crippen LogP contribution is -2.33. The van der Waals surface area contributed by atoms with E-state index in [1.165, 1.54) is 6.08 Å². The van der Waals surface area contributed by atoms with Crippen molar-refractivity contribution < 1.29 is 24.0 Å². The van der Waals surface area contributed by atoms with Crippen LogP contribution in [0.5, 0.6) is 0 Å². The molecule has 0 aliphatic rings. The minimum absolute atomic E-state index is 0.0208. The quantitative estimate of drug-likeness (QED) is 0.451. The lowest BCUT2D eigenvalue weighted by atomic mass is 10.1. The molecule has 1 rings (SSSR count). The number of esters is 2. The van der Waals surface area contributed by atoms with Gasteiger partial charge in [-0.25, -0.2) is 4.79 Å². The van der Waals surface area contributed by atoms with E-state index >= 15 is 0 Å². The lowest BCUT2D eigenvalue weighted by Gasteiger charge is -2.13.